The molecule has 1 atom stereocenters. The van der Waals surface area contributed by atoms with Crippen molar-refractivity contribution in [3.63, 3.8) is 0 Å². The standard InChI is InChI=1S/C10H13NO/c1-3-10(11)9-6-8(12)5-4-7(9)2/h3-6,10,12H,1,11H2,2H3/t10-/m1/s1. The summed E-state index contributed by atoms with van der Waals surface area (Å²) in [6.07, 6.45) is 1.65. The fraction of sp³-hybridized carbons (Fsp3) is 0.200. The SMILES string of the molecule is C=C[C@@H](N)c1cc(O)ccc1C. The second kappa shape index (κ2) is 3.41. The Morgan fingerprint density at radius 2 is 2.25 bits per heavy atom. The summed E-state index contributed by atoms with van der Waals surface area (Å²) in [4.78, 5) is 0. The Kier molecular flexibility index (Phi) is 2.51. The van der Waals surface area contributed by atoms with E-state index in [0.29, 0.717) is 0 Å². The van der Waals surface area contributed by atoms with Crippen LogP contribution in [-0.2, 0) is 0 Å². The van der Waals surface area contributed by atoms with Crippen molar-refractivity contribution in [2.24, 2.45) is 5.73 Å². The van der Waals surface area contributed by atoms with Crippen molar-refractivity contribution >= 4 is 0 Å². The van der Waals surface area contributed by atoms with Crippen LogP contribution in [-0.4, -0.2) is 5.11 Å². The van der Waals surface area contributed by atoms with Gasteiger partial charge >= 0.3 is 0 Å². The van der Waals surface area contributed by atoms with Crippen LogP contribution in [0.1, 0.15) is 17.2 Å². The van der Waals surface area contributed by atoms with Gasteiger partial charge in [-0.1, -0.05) is 12.1 Å². The van der Waals surface area contributed by atoms with Crippen LogP contribution in [0, 0.1) is 6.92 Å². The summed E-state index contributed by atoms with van der Waals surface area (Å²) < 4.78 is 0. The maximum absolute atomic E-state index is 9.19. The highest BCUT2D eigenvalue weighted by molar-refractivity contribution is 5.37. The lowest BCUT2D eigenvalue weighted by molar-refractivity contribution is 0.474. The predicted octanol–water partition coefficient (Wildman–Crippen LogP) is 1.89. The van der Waals surface area contributed by atoms with E-state index in [4.69, 9.17) is 5.73 Å². The summed E-state index contributed by atoms with van der Waals surface area (Å²) in [7, 11) is 0. The van der Waals surface area contributed by atoms with Gasteiger partial charge in [0, 0.05) is 6.04 Å². The molecule has 1 aromatic rings. The lowest BCUT2D eigenvalue weighted by Gasteiger charge is -2.10. The minimum Gasteiger partial charge on any atom is -0.508 e. The number of phenols is 1. The first-order valence-electron chi connectivity index (χ1n) is 3.83. The largest absolute Gasteiger partial charge is 0.508 e. The van der Waals surface area contributed by atoms with Crippen LogP contribution >= 0.6 is 0 Å². The van der Waals surface area contributed by atoms with Gasteiger partial charge in [-0.15, -0.1) is 6.58 Å². The van der Waals surface area contributed by atoms with Crippen molar-refractivity contribution in [3.8, 4) is 5.75 Å². The van der Waals surface area contributed by atoms with Gasteiger partial charge in [-0.3, -0.25) is 0 Å². The summed E-state index contributed by atoms with van der Waals surface area (Å²) in [6, 6.07) is 4.96. The van der Waals surface area contributed by atoms with Gasteiger partial charge in [-0.2, -0.15) is 0 Å². The molecule has 0 aliphatic carbocycles. The summed E-state index contributed by atoms with van der Waals surface area (Å²) in [5.74, 6) is 0.243. The molecular weight excluding hydrogens is 150 g/mol. The predicted molar refractivity (Wildman–Crippen MR) is 50.0 cm³/mol. The summed E-state index contributed by atoms with van der Waals surface area (Å²) in [6.45, 7) is 5.56. The number of benzene rings is 1. The van der Waals surface area contributed by atoms with Gasteiger partial charge in [0.25, 0.3) is 0 Å². The van der Waals surface area contributed by atoms with Crippen LogP contribution in [0.2, 0.25) is 0 Å². The molecule has 2 heteroatoms. The Labute approximate surface area is 72.3 Å². The van der Waals surface area contributed by atoms with Gasteiger partial charge in [0.2, 0.25) is 0 Å². The maximum Gasteiger partial charge on any atom is 0.115 e. The van der Waals surface area contributed by atoms with Gasteiger partial charge in [-0.05, 0) is 30.2 Å². The fourth-order valence-electron chi connectivity index (χ4n) is 1.11. The molecule has 0 aliphatic rings. The van der Waals surface area contributed by atoms with E-state index in [-0.39, 0.29) is 11.8 Å². The second-order valence-corrected chi connectivity index (χ2v) is 2.80. The first kappa shape index (κ1) is 8.81. The average Bonchev–Trinajstić information content (AvgIpc) is 2.08. The highest BCUT2D eigenvalue weighted by Crippen LogP contribution is 2.21. The van der Waals surface area contributed by atoms with Gasteiger partial charge in [0.1, 0.15) is 5.75 Å². The number of nitrogens with two attached hydrogens (primary N) is 1. The zero-order valence-corrected chi connectivity index (χ0v) is 7.12. The van der Waals surface area contributed by atoms with E-state index in [1.54, 1.807) is 18.2 Å². The van der Waals surface area contributed by atoms with E-state index >= 15 is 0 Å². The van der Waals surface area contributed by atoms with E-state index in [1.807, 2.05) is 13.0 Å². The summed E-state index contributed by atoms with van der Waals surface area (Å²) >= 11 is 0. The smallest absolute Gasteiger partial charge is 0.115 e. The van der Waals surface area contributed by atoms with Crippen LogP contribution in [0.5, 0.6) is 5.75 Å². The molecule has 0 heterocycles. The van der Waals surface area contributed by atoms with Crippen molar-refractivity contribution in [3.05, 3.63) is 42.0 Å². The van der Waals surface area contributed by atoms with Crippen molar-refractivity contribution < 1.29 is 5.11 Å². The lowest BCUT2D eigenvalue weighted by atomic mass is 10.0. The van der Waals surface area contributed by atoms with E-state index in [1.165, 1.54) is 0 Å². The number of rotatable bonds is 2. The highest BCUT2D eigenvalue weighted by Gasteiger charge is 2.05. The molecule has 12 heavy (non-hydrogen) atoms. The average molecular weight is 163 g/mol. The Bertz CT molecular complexity index is 294. The first-order valence-corrected chi connectivity index (χ1v) is 3.83. The van der Waals surface area contributed by atoms with Crippen LogP contribution in [0.25, 0.3) is 0 Å². The van der Waals surface area contributed by atoms with Crippen molar-refractivity contribution in [2.75, 3.05) is 0 Å². The molecule has 2 nitrogen and oxygen atoms in total. The Balaban J connectivity index is 3.12. The number of hydrogen-bond donors (Lipinski definition) is 2. The van der Waals surface area contributed by atoms with Gasteiger partial charge in [-0.25, -0.2) is 0 Å². The highest BCUT2D eigenvalue weighted by atomic mass is 16.3. The summed E-state index contributed by atoms with van der Waals surface area (Å²) in [5, 5.41) is 9.19. The molecule has 0 unspecified atom stereocenters. The van der Waals surface area contributed by atoms with E-state index in [9.17, 15) is 5.11 Å². The zero-order chi connectivity index (χ0) is 9.14. The molecule has 0 radical (unpaired) electrons. The van der Waals surface area contributed by atoms with Crippen LogP contribution in [0.3, 0.4) is 0 Å². The van der Waals surface area contributed by atoms with E-state index in [2.05, 4.69) is 6.58 Å². The second-order valence-electron chi connectivity index (χ2n) is 2.80. The third kappa shape index (κ3) is 1.66. The monoisotopic (exact) mass is 163 g/mol. The van der Waals surface area contributed by atoms with E-state index in [0.717, 1.165) is 11.1 Å². The number of phenolic OH excluding ortho intramolecular Hbond substituents is 1. The third-order valence-corrected chi connectivity index (χ3v) is 1.88. The molecule has 0 aliphatic heterocycles. The quantitative estimate of drug-likeness (QED) is 0.654. The molecule has 0 spiro atoms. The Morgan fingerprint density at radius 3 is 2.83 bits per heavy atom. The molecule has 0 amide bonds. The van der Waals surface area contributed by atoms with Gasteiger partial charge < -0.3 is 10.8 Å². The first-order chi connectivity index (χ1) is 5.65. The molecule has 0 bridgehead atoms. The van der Waals surface area contributed by atoms with Crippen molar-refractivity contribution in [1.82, 2.24) is 0 Å². The fourth-order valence-corrected chi connectivity index (χ4v) is 1.11. The van der Waals surface area contributed by atoms with E-state index < -0.39 is 0 Å². The molecule has 0 saturated carbocycles. The Morgan fingerprint density at radius 1 is 1.58 bits per heavy atom. The molecule has 1 rings (SSSR count). The molecule has 0 aromatic heterocycles. The van der Waals surface area contributed by atoms with Gasteiger partial charge in [0.05, 0.1) is 0 Å². The van der Waals surface area contributed by atoms with Crippen molar-refractivity contribution in [1.29, 1.82) is 0 Å². The molecule has 64 valence electrons. The minimum atomic E-state index is -0.197. The molecule has 1 aromatic carbocycles. The Hall–Kier alpha value is -1.28. The minimum absolute atomic E-state index is 0.197. The van der Waals surface area contributed by atoms with Crippen LogP contribution in [0.4, 0.5) is 0 Å². The number of aromatic hydroxyl groups is 1. The maximum atomic E-state index is 9.19. The molecular formula is C10H13NO. The third-order valence-electron chi connectivity index (χ3n) is 1.88. The number of aryl methyl sites for hydroxylation is 1. The normalized spacial score (nSPS) is 12.5. The molecule has 0 saturated heterocycles. The van der Waals surface area contributed by atoms with Crippen LogP contribution < -0.4 is 5.73 Å². The van der Waals surface area contributed by atoms with Gasteiger partial charge in [0.15, 0.2) is 0 Å². The van der Waals surface area contributed by atoms with Crippen molar-refractivity contribution in [2.45, 2.75) is 13.0 Å². The lowest BCUT2D eigenvalue weighted by Crippen LogP contribution is -2.07. The topological polar surface area (TPSA) is 46.2 Å². The summed E-state index contributed by atoms with van der Waals surface area (Å²) in [5.41, 5.74) is 7.73. The molecule has 0 fully saturated rings. The van der Waals surface area contributed by atoms with Crippen LogP contribution in [0.15, 0.2) is 30.9 Å². The molecule has 3 N–H and O–H groups in total. The number of hydrogen-bond acceptors (Lipinski definition) is 2. The zero-order valence-electron chi connectivity index (χ0n) is 7.12.